The molecule has 23 heavy (non-hydrogen) atoms. The van der Waals surface area contributed by atoms with Gasteiger partial charge in [0, 0.05) is 24.2 Å². The Balaban J connectivity index is 1.64. The summed E-state index contributed by atoms with van der Waals surface area (Å²) < 4.78 is 2.58. The maximum atomic E-state index is 4.23. The second-order valence-electron chi connectivity index (χ2n) is 6.27. The van der Waals surface area contributed by atoms with Crippen molar-refractivity contribution in [2.24, 2.45) is 0 Å². The molecule has 1 aromatic heterocycles. The molecule has 4 heteroatoms. The van der Waals surface area contributed by atoms with Crippen molar-refractivity contribution in [1.29, 1.82) is 0 Å². The van der Waals surface area contributed by atoms with Crippen molar-refractivity contribution < 1.29 is 0 Å². The molecule has 0 saturated carbocycles. The number of nitrogens with zero attached hydrogens (tertiary/aromatic N) is 2. The molecular weight excluding hydrogens is 320 g/mol. The van der Waals surface area contributed by atoms with Gasteiger partial charge in [-0.15, -0.1) is 23.5 Å². The number of rotatable bonds is 7. The highest BCUT2D eigenvalue weighted by Gasteiger charge is 2.37. The van der Waals surface area contributed by atoms with Crippen molar-refractivity contribution in [3.05, 3.63) is 54.6 Å². The molecule has 0 bridgehead atoms. The number of imidazole rings is 1. The first-order valence-corrected chi connectivity index (χ1v) is 10.5. The van der Waals surface area contributed by atoms with E-state index in [2.05, 4.69) is 76.5 Å². The first-order chi connectivity index (χ1) is 11.3. The van der Waals surface area contributed by atoms with Crippen molar-refractivity contribution in [1.82, 2.24) is 9.55 Å². The van der Waals surface area contributed by atoms with Gasteiger partial charge < -0.3 is 4.57 Å². The van der Waals surface area contributed by atoms with Crippen molar-refractivity contribution >= 4 is 23.5 Å². The van der Waals surface area contributed by atoms with Crippen LogP contribution in [-0.2, 0) is 13.0 Å². The van der Waals surface area contributed by atoms with Crippen LogP contribution in [0.15, 0.2) is 49.1 Å². The third kappa shape index (κ3) is 4.80. The van der Waals surface area contributed by atoms with E-state index >= 15 is 0 Å². The summed E-state index contributed by atoms with van der Waals surface area (Å²) in [5.41, 5.74) is 1.46. The highest BCUT2D eigenvalue weighted by molar-refractivity contribution is 8.19. The molecule has 0 aliphatic carbocycles. The van der Waals surface area contributed by atoms with E-state index in [1.807, 2.05) is 12.5 Å². The molecule has 1 aliphatic heterocycles. The zero-order valence-corrected chi connectivity index (χ0v) is 15.5. The Hall–Kier alpha value is -0.870. The molecule has 2 aromatic rings. The number of hydrogen-bond donors (Lipinski definition) is 0. The highest BCUT2D eigenvalue weighted by atomic mass is 32.2. The fraction of sp³-hybridized carbons (Fsp3) is 0.526. The van der Waals surface area contributed by atoms with Crippen LogP contribution < -0.4 is 0 Å². The van der Waals surface area contributed by atoms with Gasteiger partial charge in [0.1, 0.15) is 0 Å². The van der Waals surface area contributed by atoms with Gasteiger partial charge in [-0.25, -0.2) is 4.98 Å². The van der Waals surface area contributed by atoms with Crippen LogP contribution in [0.5, 0.6) is 0 Å². The fourth-order valence-electron chi connectivity index (χ4n) is 3.22. The Kier molecular flexibility index (Phi) is 6.12. The monoisotopic (exact) mass is 346 g/mol. The van der Waals surface area contributed by atoms with Crippen molar-refractivity contribution in [3.8, 4) is 0 Å². The number of hydrogen-bond acceptors (Lipinski definition) is 3. The molecule has 124 valence electrons. The van der Waals surface area contributed by atoms with Gasteiger partial charge in [-0.3, -0.25) is 0 Å². The molecule has 0 amide bonds. The lowest BCUT2D eigenvalue weighted by Crippen LogP contribution is -2.33. The SMILES string of the molecule is CCC1CCSC(CCCc2ccccc2)(Cn2ccnc2)S1. The minimum absolute atomic E-state index is 0.314. The van der Waals surface area contributed by atoms with E-state index in [9.17, 15) is 0 Å². The number of benzene rings is 1. The van der Waals surface area contributed by atoms with Crippen LogP contribution >= 0.6 is 23.5 Å². The van der Waals surface area contributed by atoms with Crippen LogP contribution in [0.4, 0.5) is 0 Å². The summed E-state index contributed by atoms with van der Waals surface area (Å²) in [4.78, 5) is 4.23. The van der Waals surface area contributed by atoms with Gasteiger partial charge in [0.25, 0.3) is 0 Å². The highest BCUT2D eigenvalue weighted by Crippen LogP contribution is 2.50. The molecule has 2 unspecified atom stereocenters. The maximum Gasteiger partial charge on any atom is 0.0946 e. The summed E-state index contributed by atoms with van der Waals surface area (Å²) in [5, 5.41) is 0.816. The van der Waals surface area contributed by atoms with E-state index < -0.39 is 0 Å². The average molecular weight is 347 g/mol. The van der Waals surface area contributed by atoms with Gasteiger partial charge in [0.05, 0.1) is 10.4 Å². The van der Waals surface area contributed by atoms with Crippen LogP contribution in [-0.4, -0.2) is 24.6 Å². The summed E-state index contributed by atoms with van der Waals surface area (Å²) in [6.45, 7) is 3.41. The molecule has 1 aliphatic rings. The van der Waals surface area contributed by atoms with Crippen molar-refractivity contribution in [2.75, 3.05) is 5.75 Å². The first-order valence-electron chi connectivity index (χ1n) is 8.61. The van der Waals surface area contributed by atoms with E-state index in [1.54, 1.807) is 0 Å². The van der Waals surface area contributed by atoms with Gasteiger partial charge in [-0.1, -0.05) is 37.3 Å². The zero-order chi connectivity index (χ0) is 16.0. The van der Waals surface area contributed by atoms with Gasteiger partial charge in [0.15, 0.2) is 0 Å². The molecule has 1 aromatic carbocycles. The van der Waals surface area contributed by atoms with Crippen molar-refractivity contribution in [3.63, 3.8) is 0 Å². The molecule has 2 nitrogen and oxygen atoms in total. The van der Waals surface area contributed by atoms with Crippen LogP contribution in [0.3, 0.4) is 0 Å². The molecule has 0 N–H and O–H groups in total. The average Bonchev–Trinajstić information content (AvgIpc) is 3.08. The van der Waals surface area contributed by atoms with E-state index in [-0.39, 0.29) is 0 Å². The lowest BCUT2D eigenvalue weighted by molar-refractivity contribution is 0.559. The van der Waals surface area contributed by atoms with E-state index in [1.165, 1.54) is 43.4 Å². The second kappa shape index (κ2) is 8.29. The predicted molar refractivity (Wildman–Crippen MR) is 103 cm³/mol. The first kappa shape index (κ1) is 17.0. The molecule has 1 saturated heterocycles. The van der Waals surface area contributed by atoms with Gasteiger partial charge >= 0.3 is 0 Å². The number of aryl methyl sites for hydroxylation is 1. The minimum Gasteiger partial charge on any atom is -0.335 e. The Bertz CT molecular complexity index is 570. The standard InChI is InChI=1S/C19H26N2S2/c1-2-18-10-14-22-19(23-18,15-21-13-12-20-16-21)11-6-9-17-7-4-3-5-8-17/h3-5,7-8,12-13,16,18H,2,6,9-11,14-15H2,1H3. The number of thioether (sulfide) groups is 2. The lowest BCUT2D eigenvalue weighted by atomic mass is 10.1. The quantitative estimate of drug-likeness (QED) is 0.682. The Morgan fingerprint density at radius 1 is 1.30 bits per heavy atom. The second-order valence-corrected chi connectivity index (χ2v) is 9.69. The maximum absolute atomic E-state index is 4.23. The topological polar surface area (TPSA) is 17.8 Å². The van der Waals surface area contributed by atoms with Gasteiger partial charge in [0.2, 0.25) is 0 Å². The van der Waals surface area contributed by atoms with Crippen LogP contribution in [0, 0.1) is 0 Å². The zero-order valence-electron chi connectivity index (χ0n) is 13.9. The Morgan fingerprint density at radius 2 is 2.17 bits per heavy atom. The molecule has 0 radical (unpaired) electrons. The summed E-state index contributed by atoms with van der Waals surface area (Å²) in [5.74, 6) is 1.30. The Morgan fingerprint density at radius 3 is 2.91 bits per heavy atom. The third-order valence-electron chi connectivity index (χ3n) is 4.49. The fourth-order valence-corrected chi connectivity index (χ4v) is 7.10. The molecule has 2 heterocycles. The van der Waals surface area contributed by atoms with Gasteiger partial charge in [-0.05, 0) is 43.4 Å². The van der Waals surface area contributed by atoms with Crippen LogP contribution in [0.25, 0.3) is 0 Å². The summed E-state index contributed by atoms with van der Waals surface area (Å²) in [6, 6.07) is 10.9. The van der Waals surface area contributed by atoms with E-state index in [0.29, 0.717) is 4.08 Å². The van der Waals surface area contributed by atoms with Crippen molar-refractivity contribution in [2.45, 2.75) is 54.9 Å². The molecule has 1 fully saturated rings. The summed E-state index contributed by atoms with van der Waals surface area (Å²) >= 11 is 4.40. The summed E-state index contributed by atoms with van der Waals surface area (Å²) in [7, 11) is 0. The van der Waals surface area contributed by atoms with E-state index in [4.69, 9.17) is 0 Å². The Labute approximate surface area is 148 Å². The van der Waals surface area contributed by atoms with Crippen LogP contribution in [0.1, 0.15) is 38.2 Å². The largest absolute Gasteiger partial charge is 0.335 e. The molecule has 0 spiro atoms. The predicted octanol–water partition coefficient (Wildman–Crippen LogP) is 5.25. The van der Waals surface area contributed by atoms with Gasteiger partial charge in [-0.2, -0.15) is 0 Å². The molecular formula is C19H26N2S2. The lowest BCUT2D eigenvalue weighted by Gasteiger charge is -2.40. The van der Waals surface area contributed by atoms with Crippen LogP contribution in [0.2, 0.25) is 0 Å². The summed E-state index contributed by atoms with van der Waals surface area (Å²) in [6.07, 6.45) is 12.3. The minimum atomic E-state index is 0.314. The normalized spacial score (nSPS) is 24.7. The molecule has 2 atom stereocenters. The smallest absolute Gasteiger partial charge is 0.0946 e. The third-order valence-corrected chi connectivity index (χ3v) is 8.10. The number of aromatic nitrogens is 2. The molecule has 3 rings (SSSR count). The van der Waals surface area contributed by atoms with E-state index in [0.717, 1.165) is 11.8 Å².